The van der Waals surface area contributed by atoms with E-state index in [1.165, 1.54) is 6.42 Å². The minimum Gasteiger partial charge on any atom is -0.324 e. The van der Waals surface area contributed by atoms with E-state index >= 15 is 0 Å². The molecule has 1 aromatic carbocycles. The van der Waals surface area contributed by atoms with E-state index in [0.29, 0.717) is 35.4 Å². The van der Waals surface area contributed by atoms with Gasteiger partial charge in [0, 0.05) is 24.3 Å². The van der Waals surface area contributed by atoms with Crippen LogP contribution in [-0.2, 0) is 14.4 Å². The van der Waals surface area contributed by atoms with Crippen molar-refractivity contribution in [3.63, 3.8) is 0 Å². The Morgan fingerprint density at radius 3 is 1.48 bits per heavy atom. The summed E-state index contributed by atoms with van der Waals surface area (Å²) < 4.78 is 0. The Morgan fingerprint density at radius 1 is 0.659 bits per heavy atom. The van der Waals surface area contributed by atoms with Crippen molar-refractivity contribution < 1.29 is 14.4 Å². The van der Waals surface area contributed by atoms with E-state index < -0.39 is 0 Å². The van der Waals surface area contributed by atoms with Crippen LogP contribution in [-0.4, -0.2) is 24.3 Å². The molecule has 0 radical (unpaired) electrons. The van der Waals surface area contributed by atoms with Crippen LogP contribution >= 0.6 is 0 Å². The van der Waals surface area contributed by atoms with E-state index in [2.05, 4.69) is 59.1 Å². The SMILES string of the molecule is CCCN(C(=O)C1CCCCC1)c1c(NC(=O)[C@H]2CC[C@H](C(C)(C)C)CC2)cccc1NC(=O)[C@H]1CC[C@H](C(C)(C)C)CC1. The molecular weight excluding hydrogens is 546 g/mol. The van der Waals surface area contributed by atoms with Crippen molar-refractivity contribution in [2.24, 2.45) is 40.4 Å². The summed E-state index contributed by atoms with van der Waals surface area (Å²) >= 11 is 0. The lowest BCUT2D eigenvalue weighted by atomic mass is 9.69. The van der Waals surface area contributed by atoms with Gasteiger partial charge in [-0.1, -0.05) is 73.8 Å². The molecule has 0 aromatic heterocycles. The number of carbonyl (C=O) groups excluding carboxylic acids is 3. The smallest absolute Gasteiger partial charge is 0.230 e. The van der Waals surface area contributed by atoms with Gasteiger partial charge in [-0.3, -0.25) is 14.4 Å². The number of para-hydroxylation sites is 1. The first kappa shape index (κ1) is 34.5. The standard InChI is InChI=1S/C38H61N3O3/c1-8-25-41(36(44)28-13-10-9-11-14-28)33-31(39-34(42)26-17-21-29(22-18-26)37(2,3)4)15-12-16-32(33)40-35(43)27-19-23-30(24-20-27)38(5,6)7/h12,15-16,26-30H,8-11,13-14,17-25H2,1-7H3,(H,39,42)(H,40,43)/t26-,27-,29-,30-. The van der Waals surface area contributed by atoms with Crippen LogP contribution in [0.5, 0.6) is 0 Å². The van der Waals surface area contributed by atoms with Gasteiger partial charge in [0.2, 0.25) is 17.7 Å². The van der Waals surface area contributed by atoms with Crippen LogP contribution < -0.4 is 15.5 Å². The van der Waals surface area contributed by atoms with Gasteiger partial charge in [-0.2, -0.15) is 0 Å². The van der Waals surface area contributed by atoms with E-state index in [9.17, 15) is 14.4 Å². The molecule has 6 nitrogen and oxygen atoms in total. The van der Waals surface area contributed by atoms with Crippen LogP contribution in [0, 0.1) is 40.4 Å². The summed E-state index contributed by atoms with van der Waals surface area (Å²) in [5, 5.41) is 6.52. The molecule has 246 valence electrons. The third kappa shape index (κ3) is 8.66. The van der Waals surface area contributed by atoms with Gasteiger partial charge in [0.25, 0.3) is 0 Å². The predicted molar refractivity (Wildman–Crippen MR) is 183 cm³/mol. The van der Waals surface area contributed by atoms with Crippen molar-refractivity contribution in [2.75, 3.05) is 22.1 Å². The summed E-state index contributed by atoms with van der Waals surface area (Å²) in [5.41, 5.74) is 2.46. The summed E-state index contributed by atoms with van der Waals surface area (Å²) in [7, 11) is 0. The maximum atomic E-state index is 14.1. The van der Waals surface area contributed by atoms with Crippen LogP contribution in [0.2, 0.25) is 0 Å². The largest absolute Gasteiger partial charge is 0.324 e. The minimum absolute atomic E-state index is 0.0111. The molecule has 0 unspecified atom stereocenters. The van der Waals surface area contributed by atoms with Gasteiger partial charge in [-0.15, -0.1) is 0 Å². The number of benzene rings is 1. The molecule has 2 N–H and O–H groups in total. The van der Waals surface area contributed by atoms with E-state index in [1.54, 1.807) is 0 Å². The third-order valence-electron chi connectivity index (χ3n) is 11.1. The van der Waals surface area contributed by atoms with Gasteiger partial charge in [0.15, 0.2) is 0 Å². The summed E-state index contributed by atoms with van der Waals surface area (Å²) in [6.45, 7) is 16.4. The van der Waals surface area contributed by atoms with Gasteiger partial charge in [0.1, 0.15) is 0 Å². The zero-order chi connectivity index (χ0) is 32.1. The highest BCUT2D eigenvalue weighted by atomic mass is 16.2. The molecular formula is C38H61N3O3. The summed E-state index contributed by atoms with van der Waals surface area (Å²) in [5.74, 6) is 1.37. The first-order chi connectivity index (χ1) is 20.8. The lowest BCUT2D eigenvalue weighted by Gasteiger charge is -2.37. The van der Waals surface area contributed by atoms with Crippen molar-refractivity contribution in [1.82, 2.24) is 0 Å². The second-order valence-corrected chi connectivity index (χ2v) is 16.3. The molecule has 3 amide bonds. The zero-order valence-electron chi connectivity index (χ0n) is 28.9. The Kier molecular flexibility index (Phi) is 11.6. The molecule has 3 fully saturated rings. The van der Waals surface area contributed by atoms with Gasteiger partial charge in [-0.05, 0) is 105 Å². The third-order valence-corrected chi connectivity index (χ3v) is 11.1. The maximum Gasteiger partial charge on any atom is 0.230 e. The molecule has 1 aromatic rings. The summed E-state index contributed by atoms with van der Waals surface area (Å²) in [6.07, 6.45) is 13.7. The lowest BCUT2D eigenvalue weighted by molar-refractivity contribution is -0.123. The molecule has 4 rings (SSSR count). The minimum atomic E-state index is -0.0358. The van der Waals surface area contributed by atoms with Gasteiger partial charge >= 0.3 is 0 Å². The average molecular weight is 608 g/mol. The number of rotatable bonds is 8. The lowest BCUT2D eigenvalue weighted by Crippen LogP contribution is -2.39. The number of nitrogens with one attached hydrogen (secondary N) is 2. The summed E-state index contributed by atoms with van der Waals surface area (Å²) in [6, 6.07) is 5.72. The molecule has 0 spiro atoms. The maximum absolute atomic E-state index is 14.1. The van der Waals surface area contributed by atoms with Crippen LogP contribution in [0.25, 0.3) is 0 Å². The molecule has 3 saturated carbocycles. The Bertz CT molecular complexity index is 1060. The number of anilines is 3. The summed E-state index contributed by atoms with van der Waals surface area (Å²) in [4.78, 5) is 43.4. The van der Waals surface area contributed by atoms with Crippen molar-refractivity contribution in [3.05, 3.63) is 18.2 Å². The van der Waals surface area contributed by atoms with E-state index in [1.807, 2.05) is 23.1 Å². The monoisotopic (exact) mass is 607 g/mol. The fourth-order valence-corrected chi connectivity index (χ4v) is 8.07. The molecule has 0 bridgehead atoms. The first-order valence-electron chi connectivity index (χ1n) is 17.9. The molecule has 6 heteroatoms. The molecule has 44 heavy (non-hydrogen) atoms. The molecule has 0 heterocycles. The van der Waals surface area contributed by atoms with Crippen molar-refractivity contribution in [3.8, 4) is 0 Å². The fourth-order valence-electron chi connectivity index (χ4n) is 8.07. The normalized spacial score (nSPS) is 25.2. The van der Waals surface area contributed by atoms with E-state index in [-0.39, 0.29) is 46.3 Å². The molecule has 3 aliphatic rings. The highest BCUT2D eigenvalue weighted by molar-refractivity contribution is 6.08. The number of hydrogen-bond donors (Lipinski definition) is 2. The molecule has 0 aliphatic heterocycles. The second kappa shape index (κ2) is 14.8. The highest BCUT2D eigenvalue weighted by Crippen LogP contribution is 2.43. The van der Waals surface area contributed by atoms with Gasteiger partial charge in [0.05, 0.1) is 17.1 Å². The molecule has 0 saturated heterocycles. The number of nitrogens with zero attached hydrogens (tertiary/aromatic N) is 1. The van der Waals surface area contributed by atoms with E-state index in [4.69, 9.17) is 0 Å². The Labute approximate surface area is 267 Å². The van der Waals surface area contributed by atoms with E-state index in [0.717, 1.165) is 83.5 Å². The first-order valence-corrected chi connectivity index (χ1v) is 17.9. The van der Waals surface area contributed by atoms with Crippen molar-refractivity contribution in [1.29, 1.82) is 0 Å². The number of carbonyl (C=O) groups is 3. The second-order valence-electron chi connectivity index (χ2n) is 16.3. The number of hydrogen-bond acceptors (Lipinski definition) is 3. The van der Waals surface area contributed by atoms with Crippen LogP contribution in [0.1, 0.15) is 138 Å². The van der Waals surface area contributed by atoms with Crippen LogP contribution in [0.4, 0.5) is 17.1 Å². The van der Waals surface area contributed by atoms with Crippen LogP contribution in [0.3, 0.4) is 0 Å². The molecule has 0 atom stereocenters. The highest BCUT2D eigenvalue weighted by Gasteiger charge is 2.36. The van der Waals surface area contributed by atoms with Gasteiger partial charge < -0.3 is 15.5 Å². The Morgan fingerprint density at radius 2 is 1.09 bits per heavy atom. The quantitative estimate of drug-likeness (QED) is 0.309. The van der Waals surface area contributed by atoms with Crippen LogP contribution in [0.15, 0.2) is 18.2 Å². The average Bonchev–Trinajstić information content (AvgIpc) is 2.99. The predicted octanol–water partition coefficient (Wildman–Crippen LogP) is 9.59. The topological polar surface area (TPSA) is 78.5 Å². The zero-order valence-corrected chi connectivity index (χ0v) is 28.9. The Hall–Kier alpha value is -2.37. The number of amides is 3. The Balaban J connectivity index is 1.59. The fraction of sp³-hybridized carbons (Fsp3) is 0.763. The van der Waals surface area contributed by atoms with Crippen molar-refractivity contribution in [2.45, 2.75) is 138 Å². The van der Waals surface area contributed by atoms with Gasteiger partial charge in [-0.25, -0.2) is 0 Å². The molecule has 3 aliphatic carbocycles. The van der Waals surface area contributed by atoms with Crippen molar-refractivity contribution >= 4 is 34.8 Å².